The maximum absolute atomic E-state index is 12.9. The number of amides is 1. The van der Waals surface area contributed by atoms with Gasteiger partial charge in [0.05, 0.1) is 18.7 Å². The predicted molar refractivity (Wildman–Crippen MR) is 95.7 cm³/mol. The summed E-state index contributed by atoms with van der Waals surface area (Å²) in [5, 5.41) is 3.39. The van der Waals surface area contributed by atoms with Gasteiger partial charge in [0.15, 0.2) is 0 Å². The van der Waals surface area contributed by atoms with Crippen LogP contribution in [0, 0.1) is 5.92 Å². The third kappa shape index (κ3) is 3.98. The number of piperidine rings is 1. The van der Waals surface area contributed by atoms with Crippen LogP contribution >= 0.6 is 0 Å². The first-order valence-electron chi connectivity index (χ1n) is 9.35. The van der Waals surface area contributed by atoms with Gasteiger partial charge in [-0.2, -0.15) is 0 Å². The summed E-state index contributed by atoms with van der Waals surface area (Å²) < 4.78 is 6.06. The van der Waals surface area contributed by atoms with E-state index in [4.69, 9.17) is 4.74 Å². The Morgan fingerprint density at radius 2 is 1.92 bits per heavy atom. The molecule has 1 aromatic carbocycles. The highest BCUT2D eigenvalue weighted by Gasteiger charge is 2.36. The van der Waals surface area contributed by atoms with Crippen LogP contribution in [0.2, 0.25) is 0 Å². The Hall–Kier alpha value is -1.39. The van der Waals surface area contributed by atoms with Gasteiger partial charge in [-0.3, -0.25) is 4.79 Å². The van der Waals surface area contributed by atoms with E-state index in [1.165, 1.54) is 12.8 Å². The molecule has 4 nitrogen and oxygen atoms in total. The van der Waals surface area contributed by atoms with Crippen LogP contribution in [0.4, 0.5) is 0 Å². The van der Waals surface area contributed by atoms with Crippen molar-refractivity contribution >= 4 is 5.91 Å². The molecule has 0 spiro atoms. The van der Waals surface area contributed by atoms with Crippen LogP contribution in [-0.4, -0.2) is 42.6 Å². The van der Waals surface area contributed by atoms with E-state index in [1.54, 1.807) is 0 Å². The largest absolute Gasteiger partial charge is 0.369 e. The van der Waals surface area contributed by atoms with E-state index in [1.807, 2.05) is 18.2 Å². The van der Waals surface area contributed by atoms with Crippen molar-refractivity contribution in [3.05, 3.63) is 35.9 Å². The van der Waals surface area contributed by atoms with E-state index >= 15 is 0 Å². The van der Waals surface area contributed by atoms with E-state index in [9.17, 15) is 4.79 Å². The quantitative estimate of drug-likeness (QED) is 0.922. The molecule has 3 rings (SSSR count). The Morgan fingerprint density at radius 1 is 1.21 bits per heavy atom. The Kier molecular flexibility index (Phi) is 5.90. The molecule has 2 aliphatic heterocycles. The molecule has 0 bridgehead atoms. The zero-order chi connectivity index (χ0) is 16.9. The monoisotopic (exact) mass is 330 g/mol. The number of nitrogens with zero attached hydrogens (tertiary/aromatic N) is 1. The average molecular weight is 330 g/mol. The van der Waals surface area contributed by atoms with Crippen molar-refractivity contribution in [2.75, 3.05) is 19.7 Å². The van der Waals surface area contributed by atoms with Crippen LogP contribution in [0.15, 0.2) is 30.3 Å². The lowest BCUT2D eigenvalue weighted by molar-refractivity contribution is -0.153. The van der Waals surface area contributed by atoms with Crippen LogP contribution < -0.4 is 5.32 Å². The fourth-order valence-electron chi connectivity index (χ4n) is 4.13. The molecule has 0 saturated carbocycles. The summed E-state index contributed by atoms with van der Waals surface area (Å²) in [6.45, 7) is 7.03. The fraction of sp³-hybridized carbons (Fsp3) is 0.650. The van der Waals surface area contributed by atoms with Crippen molar-refractivity contribution in [2.24, 2.45) is 5.92 Å². The highest BCUT2D eigenvalue weighted by atomic mass is 16.5. The number of rotatable bonds is 4. The second-order valence-corrected chi connectivity index (χ2v) is 7.29. The molecule has 1 N–H and O–H groups in total. The predicted octanol–water partition coefficient (Wildman–Crippen LogP) is 3.14. The third-order valence-electron chi connectivity index (χ3n) is 5.51. The Labute approximate surface area is 145 Å². The van der Waals surface area contributed by atoms with Crippen molar-refractivity contribution in [1.29, 1.82) is 0 Å². The molecule has 2 fully saturated rings. The number of hydrogen-bond donors (Lipinski definition) is 1. The molecule has 1 aromatic rings. The van der Waals surface area contributed by atoms with Crippen LogP contribution in [0.1, 0.15) is 51.2 Å². The van der Waals surface area contributed by atoms with Crippen molar-refractivity contribution in [1.82, 2.24) is 10.2 Å². The SMILES string of the molecule is CC1COC(c2ccccc2)C(C)N1C(=O)CCC1CCNCC1. The molecular weight excluding hydrogens is 300 g/mol. The number of morpholine rings is 1. The number of hydrogen-bond acceptors (Lipinski definition) is 3. The van der Waals surface area contributed by atoms with Crippen LogP contribution in [0.3, 0.4) is 0 Å². The van der Waals surface area contributed by atoms with Gasteiger partial charge in [0.1, 0.15) is 6.10 Å². The third-order valence-corrected chi connectivity index (χ3v) is 5.51. The van der Waals surface area contributed by atoms with E-state index in [2.05, 4.69) is 36.2 Å². The maximum atomic E-state index is 12.9. The molecule has 3 unspecified atom stereocenters. The smallest absolute Gasteiger partial charge is 0.223 e. The Bertz CT molecular complexity index is 528. The van der Waals surface area contributed by atoms with Gasteiger partial charge in [0, 0.05) is 6.42 Å². The molecule has 1 amide bonds. The first kappa shape index (κ1) is 17.4. The summed E-state index contributed by atoms with van der Waals surface area (Å²) in [7, 11) is 0. The minimum atomic E-state index is -0.0229. The normalized spacial score (nSPS) is 28.8. The van der Waals surface area contributed by atoms with Gasteiger partial charge < -0.3 is 15.0 Å². The summed E-state index contributed by atoms with van der Waals surface area (Å²) in [4.78, 5) is 15.0. The van der Waals surface area contributed by atoms with Crippen molar-refractivity contribution in [3.63, 3.8) is 0 Å². The lowest BCUT2D eigenvalue weighted by atomic mass is 9.92. The first-order chi connectivity index (χ1) is 11.7. The zero-order valence-electron chi connectivity index (χ0n) is 14.9. The summed E-state index contributed by atoms with van der Waals surface area (Å²) >= 11 is 0. The van der Waals surface area contributed by atoms with Gasteiger partial charge in [-0.25, -0.2) is 0 Å². The number of carbonyl (C=O) groups is 1. The minimum absolute atomic E-state index is 0.0229. The number of benzene rings is 1. The number of ether oxygens (including phenoxy) is 1. The highest BCUT2D eigenvalue weighted by molar-refractivity contribution is 5.77. The molecule has 4 heteroatoms. The molecule has 2 heterocycles. The van der Waals surface area contributed by atoms with Gasteiger partial charge in [0.25, 0.3) is 0 Å². The molecule has 132 valence electrons. The van der Waals surface area contributed by atoms with E-state index in [0.717, 1.165) is 25.1 Å². The lowest BCUT2D eigenvalue weighted by Crippen LogP contribution is -2.53. The molecule has 3 atom stereocenters. The van der Waals surface area contributed by atoms with E-state index in [0.29, 0.717) is 18.9 Å². The van der Waals surface area contributed by atoms with Crippen molar-refractivity contribution in [2.45, 2.75) is 57.7 Å². The molecule has 2 saturated heterocycles. The minimum Gasteiger partial charge on any atom is -0.369 e. The number of carbonyl (C=O) groups excluding carboxylic acids is 1. The van der Waals surface area contributed by atoms with Crippen LogP contribution in [0.25, 0.3) is 0 Å². The van der Waals surface area contributed by atoms with Crippen LogP contribution in [-0.2, 0) is 9.53 Å². The van der Waals surface area contributed by atoms with E-state index in [-0.39, 0.29) is 24.1 Å². The fourth-order valence-corrected chi connectivity index (χ4v) is 4.13. The molecular formula is C20H30N2O2. The average Bonchev–Trinajstić information content (AvgIpc) is 2.62. The zero-order valence-corrected chi connectivity index (χ0v) is 14.9. The van der Waals surface area contributed by atoms with Gasteiger partial charge in [-0.15, -0.1) is 0 Å². The van der Waals surface area contributed by atoms with Gasteiger partial charge in [-0.05, 0) is 57.7 Å². The summed E-state index contributed by atoms with van der Waals surface area (Å²) in [5.74, 6) is 0.990. The van der Waals surface area contributed by atoms with Gasteiger partial charge in [-0.1, -0.05) is 30.3 Å². The summed E-state index contributed by atoms with van der Waals surface area (Å²) in [6.07, 6.45) is 4.07. The molecule has 0 radical (unpaired) electrons. The van der Waals surface area contributed by atoms with Crippen molar-refractivity contribution < 1.29 is 9.53 Å². The van der Waals surface area contributed by atoms with Crippen LogP contribution in [0.5, 0.6) is 0 Å². The maximum Gasteiger partial charge on any atom is 0.223 e. The second-order valence-electron chi connectivity index (χ2n) is 7.29. The molecule has 24 heavy (non-hydrogen) atoms. The standard InChI is InChI=1S/C20H30N2O2/c1-15-14-24-20(18-6-4-3-5-7-18)16(2)22(15)19(23)9-8-17-10-12-21-13-11-17/h3-7,15-17,20-21H,8-14H2,1-2H3. The Morgan fingerprint density at radius 3 is 2.62 bits per heavy atom. The molecule has 0 aliphatic carbocycles. The Balaban J connectivity index is 1.62. The molecule has 2 aliphatic rings. The van der Waals surface area contributed by atoms with Gasteiger partial charge in [0.2, 0.25) is 5.91 Å². The summed E-state index contributed by atoms with van der Waals surface area (Å²) in [6, 6.07) is 10.5. The number of nitrogens with one attached hydrogen (secondary N) is 1. The lowest BCUT2D eigenvalue weighted by Gasteiger charge is -2.44. The first-order valence-corrected chi connectivity index (χ1v) is 9.35. The second kappa shape index (κ2) is 8.13. The van der Waals surface area contributed by atoms with Gasteiger partial charge >= 0.3 is 0 Å². The molecule has 0 aromatic heterocycles. The topological polar surface area (TPSA) is 41.6 Å². The summed E-state index contributed by atoms with van der Waals surface area (Å²) in [5.41, 5.74) is 1.16. The van der Waals surface area contributed by atoms with Crippen molar-refractivity contribution in [3.8, 4) is 0 Å². The van der Waals surface area contributed by atoms with E-state index < -0.39 is 0 Å². The highest BCUT2D eigenvalue weighted by Crippen LogP contribution is 2.31.